The van der Waals surface area contributed by atoms with Gasteiger partial charge in [-0.05, 0) is 55.3 Å². The van der Waals surface area contributed by atoms with Gasteiger partial charge in [0.05, 0.1) is 5.56 Å². The van der Waals surface area contributed by atoms with Crippen molar-refractivity contribution in [2.75, 3.05) is 23.3 Å². The van der Waals surface area contributed by atoms with Crippen LogP contribution in [0.5, 0.6) is 0 Å². The molecule has 24 heavy (non-hydrogen) atoms. The summed E-state index contributed by atoms with van der Waals surface area (Å²) in [6.45, 7) is 2.02. The Morgan fingerprint density at radius 1 is 1.00 bits per heavy atom. The Balaban J connectivity index is 1.70. The molecule has 0 spiro atoms. The minimum absolute atomic E-state index is 0.124. The number of amides is 1. The minimum atomic E-state index is -4.43. The van der Waals surface area contributed by atoms with Gasteiger partial charge in [-0.2, -0.15) is 13.2 Å². The molecule has 1 N–H and O–H groups in total. The molecule has 1 fully saturated rings. The monoisotopic (exact) mass is 334 g/mol. The Hall–Kier alpha value is -2.50. The van der Waals surface area contributed by atoms with Crippen molar-refractivity contribution in [2.24, 2.45) is 0 Å². The molecule has 0 radical (unpaired) electrons. The van der Waals surface area contributed by atoms with Gasteiger partial charge in [-0.1, -0.05) is 6.07 Å². The molecule has 0 atom stereocenters. The summed E-state index contributed by atoms with van der Waals surface area (Å²) in [6.07, 6.45) is -2.10. The zero-order valence-electron chi connectivity index (χ0n) is 12.9. The molecule has 0 aliphatic carbocycles. The molecule has 1 saturated heterocycles. The fraction of sp³-hybridized carbons (Fsp3) is 0.278. The van der Waals surface area contributed by atoms with Crippen molar-refractivity contribution in [3.8, 4) is 0 Å². The van der Waals surface area contributed by atoms with Crippen LogP contribution in [-0.2, 0) is 6.18 Å². The van der Waals surface area contributed by atoms with Crippen molar-refractivity contribution in [1.29, 1.82) is 0 Å². The van der Waals surface area contributed by atoms with Gasteiger partial charge in [0.1, 0.15) is 0 Å². The zero-order chi connectivity index (χ0) is 17.2. The standard InChI is InChI=1S/C18H17F3N2O/c19-18(20,21)14-4-3-5-15(12-14)22-17(24)13-6-8-16(9-7-13)23-10-1-2-11-23/h3-9,12H,1-2,10-11H2,(H,22,24). The summed E-state index contributed by atoms with van der Waals surface area (Å²) in [5, 5.41) is 2.51. The third-order valence-corrected chi connectivity index (χ3v) is 4.05. The van der Waals surface area contributed by atoms with Gasteiger partial charge in [0.2, 0.25) is 0 Å². The first-order valence-corrected chi connectivity index (χ1v) is 7.77. The van der Waals surface area contributed by atoms with E-state index in [2.05, 4.69) is 10.2 Å². The predicted molar refractivity (Wildman–Crippen MR) is 87.3 cm³/mol. The first-order chi connectivity index (χ1) is 11.4. The zero-order valence-corrected chi connectivity index (χ0v) is 12.9. The van der Waals surface area contributed by atoms with Crippen LogP contribution in [-0.4, -0.2) is 19.0 Å². The molecule has 1 heterocycles. The van der Waals surface area contributed by atoms with E-state index >= 15 is 0 Å². The average Bonchev–Trinajstić information content (AvgIpc) is 3.09. The predicted octanol–water partition coefficient (Wildman–Crippen LogP) is 4.56. The largest absolute Gasteiger partial charge is 0.416 e. The van der Waals surface area contributed by atoms with Crippen LogP contribution in [0.4, 0.5) is 24.5 Å². The summed E-state index contributed by atoms with van der Waals surface area (Å²) in [5.74, 6) is -0.428. The molecule has 1 aliphatic heterocycles. The highest BCUT2D eigenvalue weighted by Gasteiger charge is 2.30. The number of nitrogens with zero attached hydrogens (tertiary/aromatic N) is 1. The molecular weight excluding hydrogens is 317 g/mol. The van der Waals surface area contributed by atoms with E-state index in [1.807, 2.05) is 12.1 Å². The van der Waals surface area contributed by atoms with Gasteiger partial charge >= 0.3 is 6.18 Å². The molecule has 3 rings (SSSR count). The van der Waals surface area contributed by atoms with E-state index < -0.39 is 17.6 Å². The van der Waals surface area contributed by atoms with Crippen LogP contribution < -0.4 is 10.2 Å². The fourth-order valence-corrected chi connectivity index (χ4v) is 2.78. The third kappa shape index (κ3) is 3.69. The molecule has 0 saturated carbocycles. The Kier molecular flexibility index (Phi) is 4.46. The second kappa shape index (κ2) is 6.55. The summed E-state index contributed by atoms with van der Waals surface area (Å²) in [5.41, 5.74) is 0.807. The molecule has 0 aromatic heterocycles. The molecule has 126 valence electrons. The highest BCUT2D eigenvalue weighted by atomic mass is 19.4. The van der Waals surface area contributed by atoms with E-state index in [-0.39, 0.29) is 5.69 Å². The number of anilines is 2. The van der Waals surface area contributed by atoms with Crippen molar-refractivity contribution in [1.82, 2.24) is 0 Å². The van der Waals surface area contributed by atoms with Crippen molar-refractivity contribution in [2.45, 2.75) is 19.0 Å². The van der Waals surface area contributed by atoms with Crippen LogP contribution in [0.15, 0.2) is 48.5 Å². The number of alkyl halides is 3. The molecule has 2 aromatic carbocycles. The summed E-state index contributed by atoms with van der Waals surface area (Å²) in [7, 11) is 0. The van der Waals surface area contributed by atoms with E-state index in [1.54, 1.807) is 12.1 Å². The Morgan fingerprint density at radius 3 is 2.29 bits per heavy atom. The van der Waals surface area contributed by atoms with Crippen LogP contribution in [0.2, 0.25) is 0 Å². The number of hydrogen-bond acceptors (Lipinski definition) is 2. The van der Waals surface area contributed by atoms with E-state index in [0.717, 1.165) is 43.8 Å². The van der Waals surface area contributed by atoms with Crippen molar-refractivity contribution >= 4 is 17.3 Å². The molecule has 0 unspecified atom stereocenters. The van der Waals surface area contributed by atoms with Gasteiger partial charge in [-0.3, -0.25) is 4.79 Å². The molecule has 0 bridgehead atoms. The van der Waals surface area contributed by atoms with Crippen LogP contribution >= 0.6 is 0 Å². The lowest BCUT2D eigenvalue weighted by Gasteiger charge is -2.17. The number of carbonyl (C=O) groups is 1. The van der Waals surface area contributed by atoms with Crippen LogP contribution in [0, 0.1) is 0 Å². The number of nitrogens with one attached hydrogen (secondary N) is 1. The number of benzene rings is 2. The first kappa shape index (κ1) is 16.4. The third-order valence-electron chi connectivity index (χ3n) is 4.05. The minimum Gasteiger partial charge on any atom is -0.372 e. The van der Waals surface area contributed by atoms with Crippen LogP contribution in [0.1, 0.15) is 28.8 Å². The molecular formula is C18H17F3N2O. The van der Waals surface area contributed by atoms with Gasteiger partial charge < -0.3 is 10.2 Å². The topological polar surface area (TPSA) is 32.3 Å². The van der Waals surface area contributed by atoms with E-state index in [9.17, 15) is 18.0 Å². The van der Waals surface area contributed by atoms with Gasteiger partial charge in [-0.15, -0.1) is 0 Å². The lowest BCUT2D eigenvalue weighted by Crippen LogP contribution is -2.18. The number of carbonyl (C=O) groups excluding carboxylic acids is 1. The Morgan fingerprint density at radius 2 is 1.67 bits per heavy atom. The smallest absolute Gasteiger partial charge is 0.372 e. The lowest BCUT2D eigenvalue weighted by atomic mass is 10.1. The molecule has 6 heteroatoms. The lowest BCUT2D eigenvalue weighted by molar-refractivity contribution is -0.137. The number of hydrogen-bond donors (Lipinski definition) is 1. The van der Waals surface area contributed by atoms with Crippen LogP contribution in [0.25, 0.3) is 0 Å². The maximum Gasteiger partial charge on any atom is 0.416 e. The summed E-state index contributed by atoms with van der Waals surface area (Å²) >= 11 is 0. The van der Waals surface area contributed by atoms with Crippen molar-refractivity contribution in [3.05, 3.63) is 59.7 Å². The first-order valence-electron chi connectivity index (χ1n) is 7.77. The SMILES string of the molecule is O=C(Nc1cccc(C(F)(F)F)c1)c1ccc(N2CCCC2)cc1. The Labute approximate surface area is 138 Å². The maximum atomic E-state index is 12.7. The fourth-order valence-electron chi connectivity index (χ4n) is 2.78. The van der Waals surface area contributed by atoms with Crippen molar-refractivity contribution < 1.29 is 18.0 Å². The maximum absolute atomic E-state index is 12.7. The van der Waals surface area contributed by atoms with E-state index in [0.29, 0.717) is 5.56 Å². The van der Waals surface area contributed by atoms with Gasteiger partial charge in [0.15, 0.2) is 0 Å². The van der Waals surface area contributed by atoms with Crippen molar-refractivity contribution in [3.63, 3.8) is 0 Å². The summed E-state index contributed by atoms with van der Waals surface area (Å²) < 4.78 is 38.1. The Bertz CT molecular complexity index is 720. The summed E-state index contributed by atoms with van der Waals surface area (Å²) in [6, 6.07) is 11.7. The van der Waals surface area contributed by atoms with Gasteiger partial charge in [0, 0.05) is 30.0 Å². The van der Waals surface area contributed by atoms with Gasteiger partial charge in [0.25, 0.3) is 5.91 Å². The summed E-state index contributed by atoms with van der Waals surface area (Å²) in [4.78, 5) is 14.4. The quantitative estimate of drug-likeness (QED) is 0.892. The van der Waals surface area contributed by atoms with E-state index in [4.69, 9.17) is 0 Å². The molecule has 3 nitrogen and oxygen atoms in total. The average molecular weight is 334 g/mol. The highest BCUT2D eigenvalue weighted by Crippen LogP contribution is 2.30. The second-order valence-electron chi connectivity index (χ2n) is 5.77. The van der Waals surface area contributed by atoms with Crippen LogP contribution in [0.3, 0.4) is 0 Å². The molecule has 1 amide bonds. The van der Waals surface area contributed by atoms with Gasteiger partial charge in [-0.25, -0.2) is 0 Å². The number of halogens is 3. The molecule has 2 aromatic rings. The molecule has 1 aliphatic rings. The number of rotatable bonds is 3. The second-order valence-corrected chi connectivity index (χ2v) is 5.77. The normalized spacial score (nSPS) is 14.7. The van der Waals surface area contributed by atoms with E-state index in [1.165, 1.54) is 12.1 Å². The highest BCUT2D eigenvalue weighted by molar-refractivity contribution is 6.04.